The molecule has 3 nitrogen and oxygen atoms in total. The molecule has 1 aromatic rings. The standard InChI is InChI=1S/C11H20N2OS/c1-4-11(3,5-6-14)13-9(2)10-7-12-8-15-10/h7-9,13-14H,4-6H2,1-3H3. The topological polar surface area (TPSA) is 45.1 Å². The van der Waals surface area contributed by atoms with E-state index in [0.717, 1.165) is 12.8 Å². The maximum atomic E-state index is 9.03. The Morgan fingerprint density at radius 2 is 2.40 bits per heavy atom. The summed E-state index contributed by atoms with van der Waals surface area (Å²) >= 11 is 1.66. The van der Waals surface area contributed by atoms with Gasteiger partial charge in [0.2, 0.25) is 0 Å². The molecule has 15 heavy (non-hydrogen) atoms. The first kappa shape index (κ1) is 12.6. The summed E-state index contributed by atoms with van der Waals surface area (Å²) in [5.74, 6) is 0. The molecule has 0 fully saturated rings. The summed E-state index contributed by atoms with van der Waals surface area (Å²) in [4.78, 5) is 5.32. The van der Waals surface area contributed by atoms with E-state index in [-0.39, 0.29) is 12.1 Å². The van der Waals surface area contributed by atoms with E-state index >= 15 is 0 Å². The Labute approximate surface area is 95.6 Å². The molecule has 0 aliphatic heterocycles. The Kier molecular flexibility index (Phi) is 4.70. The van der Waals surface area contributed by atoms with E-state index < -0.39 is 0 Å². The molecule has 0 amide bonds. The van der Waals surface area contributed by atoms with Crippen molar-refractivity contribution in [2.24, 2.45) is 0 Å². The normalized spacial score (nSPS) is 17.3. The van der Waals surface area contributed by atoms with E-state index in [1.807, 2.05) is 11.7 Å². The van der Waals surface area contributed by atoms with Gasteiger partial charge in [0.05, 0.1) is 5.51 Å². The lowest BCUT2D eigenvalue weighted by molar-refractivity contribution is 0.205. The largest absolute Gasteiger partial charge is 0.396 e. The first-order chi connectivity index (χ1) is 7.11. The number of aliphatic hydroxyl groups excluding tert-OH is 1. The van der Waals surface area contributed by atoms with E-state index in [1.54, 1.807) is 11.3 Å². The molecule has 0 saturated heterocycles. The first-order valence-electron chi connectivity index (χ1n) is 5.38. The second-order valence-corrected chi connectivity index (χ2v) is 5.08. The summed E-state index contributed by atoms with van der Waals surface area (Å²) < 4.78 is 0. The average molecular weight is 228 g/mol. The zero-order valence-electron chi connectivity index (χ0n) is 9.66. The third-order valence-corrected chi connectivity index (χ3v) is 3.85. The number of aromatic nitrogens is 1. The number of thiazole rings is 1. The second kappa shape index (κ2) is 5.58. The maximum Gasteiger partial charge on any atom is 0.0794 e. The van der Waals surface area contributed by atoms with Crippen molar-refractivity contribution in [3.63, 3.8) is 0 Å². The molecule has 2 N–H and O–H groups in total. The number of nitrogens with one attached hydrogen (secondary N) is 1. The minimum Gasteiger partial charge on any atom is -0.396 e. The number of hydrogen-bond acceptors (Lipinski definition) is 4. The van der Waals surface area contributed by atoms with Gasteiger partial charge in [-0.3, -0.25) is 4.98 Å². The number of aliphatic hydroxyl groups is 1. The van der Waals surface area contributed by atoms with Gasteiger partial charge < -0.3 is 10.4 Å². The lowest BCUT2D eigenvalue weighted by Crippen LogP contribution is -2.43. The highest BCUT2D eigenvalue weighted by Gasteiger charge is 2.24. The van der Waals surface area contributed by atoms with Gasteiger partial charge in [0.1, 0.15) is 0 Å². The Balaban J connectivity index is 2.59. The average Bonchev–Trinajstić information content (AvgIpc) is 2.71. The van der Waals surface area contributed by atoms with E-state index in [2.05, 4.69) is 31.1 Å². The van der Waals surface area contributed by atoms with Crippen LogP contribution in [-0.2, 0) is 0 Å². The predicted octanol–water partition coefficient (Wildman–Crippen LogP) is 2.34. The zero-order chi connectivity index (χ0) is 11.3. The summed E-state index contributed by atoms with van der Waals surface area (Å²) in [5.41, 5.74) is 1.86. The summed E-state index contributed by atoms with van der Waals surface area (Å²) in [6, 6.07) is 0.300. The first-order valence-corrected chi connectivity index (χ1v) is 6.26. The molecule has 1 rings (SSSR count). The van der Waals surface area contributed by atoms with Gasteiger partial charge in [-0.1, -0.05) is 6.92 Å². The summed E-state index contributed by atoms with van der Waals surface area (Å²) in [6.07, 6.45) is 3.70. The van der Waals surface area contributed by atoms with Crippen LogP contribution in [0.3, 0.4) is 0 Å². The quantitative estimate of drug-likeness (QED) is 0.785. The van der Waals surface area contributed by atoms with Gasteiger partial charge in [-0.2, -0.15) is 0 Å². The molecule has 0 bridgehead atoms. The third-order valence-electron chi connectivity index (χ3n) is 2.89. The van der Waals surface area contributed by atoms with Gasteiger partial charge in [-0.15, -0.1) is 11.3 Å². The van der Waals surface area contributed by atoms with Gasteiger partial charge in [0, 0.05) is 29.3 Å². The molecule has 0 aliphatic carbocycles. The Morgan fingerprint density at radius 3 is 2.87 bits per heavy atom. The van der Waals surface area contributed by atoms with Gasteiger partial charge >= 0.3 is 0 Å². The fraction of sp³-hybridized carbons (Fsp3) is 0.727. The number of nitrogens with zero attached hydrogens (tertiary/aromatic N) is 1. The summed E-state index contributed by atoms with van der Waals surface area (Å²) in [6.45, 7) is 6.66. The van der Waals surface area contributed by atoms with Crippen LogP contribution < -0.4 is 5.32 Å². The third kappa shape index (κ3) is 3.55. The van der Waals surface area contributed by atoms with Crippen LogP contribution in [-0.4, -0.2) is 22.2 Å². The van der Waals surface area contributed by atoms with Crippen LogP contribution >= 0.6 is 11.3 Å². The van der Waals surface area contributed by atoms with Crippen molar-refractivity contribution in [3.8, 4) is 0 Å². The maximum absolute atomic E-state index is 9.03. The van der Waals surface area contributed by atoms with Gasteiger partial charge in [0.15, 0.2) is 0 Å². The van der Waals surface area contributed by atoms with Crippen LogP contribution in [0.15, 0.2) is 11.7 Å². The van der Waals surface area contributed by atoms with Crippen LogP contribution in [0.5, 0.6) is 0 Å². The summed E-state index contributed by atoms with van der Waals surface area (Å²) in [5, 5.41) is 12.6. The van der Waals surface area contributed by atoms with E-state index in [9.17, 15) is 0 Å². The molecule has 1 aromatic heterocycles. The van der Waals surface area contributed by atoms with Crippen molar-refractivity contribution in [3.05, 3.63) is 16.6 Å². The Hall–Kier alpha value is -0.450. The van der Waals surface area contributed by atoms with E-state index in [1.165, 1.54) is 4.88 Å². The molecule has 1 heterocycles. The molecule has 4 heteroatoms. The molecular formula is C11H20N2OS. The molecule has 0 spiro atoms. The lowest BCUT2D eigenvalue weighted by atomic mass is 9.94. The van der Waals surface area contributed by atoms with Crippen LogP contribution in [0.1, 0.15) is 44.5 Å². The monoisotopic (exact) mass is 228 g/mol. The highest BCUT2D eigenvalue weighted by atomic mass is 32.1. The molecule has 2 unspecified atom stereocenters. The van der Waals surface area contributed by atoms with Crippen LogP contribution in [0.25, 0.3) is 0 Å². The summed E-state index contributed by atoms with van der Waals surface area (Å²) in [7, 11) is 0. The molecule has 0 aromatic carbocycles. The zero-order valence-corrected chi connectivity index (χ0v) is 10.5. The van der Waals surface area contributed by atoms with Crippen LogP contribution in [0.4, 0.5) is 0 Å². The molecule has 0 radical (unpaired) electrons. The van der Waals surface area contributed by atoms with Gasteiger partial charge in [0.25, 0.3) is 0 Å². The fourth-order valence-electron chi connectivity index (χ4n) is 1.63. The Morgan fingerprint density at radius 1 is 1.67 bits per heavy atom. The van der Waals surface area contributed by atoms with Crippen molar-refractivity contribution >= 4 is 11.3 Å². The van der Waals surface area contributed by atoms with Crippen LogP contribution in [0.2, 0.25) is 0 Å². The molecule has 2 atom stereocenters. The minimum absolute atomic E-state index is 0.0121. The second-order valence-electron chi connectivity index (χ2n) is 4.16. The Bertz CT molecular complexity index is 276. The fourth-order valence-corrected chi connectivity index (χ4v) is 2.26. The smallest absolute Gasteiger partial charge is 0.0794 e. The number of hydrogen-bond donors (Lipinski definition) is 2. The molecular weight excluding hydrogens is 208 g/mol. The molecule has 86 valence electrons. The van der Waals surface area contributed by atoms with Crippen molar-refractivity contribution in [2.45, 2.75) is 45.2 Å². The molecule has 0 aliphatic rings. The van der Waals surface area contributed by atoms with Crippen molar-refractivity contribution in [1.29, 1.82) is 0 Å². The van der Waals surface area contributed by atoms with Gasteiger partial charge in [-0.05, 0) is 26.7 Å². The minimum atomic E-state index is 0.0121. The highest BCUT2D eigenvalue weighted by molar-refractivity contribution is 7.09. The van der Waals surface area contributed by atoms with Gasteiger partial charge in [-0.25, -0.2) is 0 Å². The van der Waals surface area contributed by atoms with E-state index in [4.69, 9.17) is 5.11 Å². The lowest BCUT2D eigenvalue weighted by Gasteiger charge is -2.32. The van der Waals surface area contributed by atoms with Crippen LogP contribution in [0, 0.1) is 0 Å². The van der Waals surface area contributed by atoms with Crippen molar-refractivity contribution < 1.29 is 5.11 Å². The van der Waals surface area contributed by atoms with Crippen molar-refractivity contribution in [2.75, 3.05) is 6.61 Å². The van der Waals surface area contributed by atoms with Crippen molar-refractivity contribution in [1.82, 2.24) is 10.3 Å². The predicted molar refractivity (Wildman–Crippen MR) is 64.1 cm³/mol. The number of rotatable bonds is 6. The SMILES string of the molecule is CCC(C)(CCO)NC(C)c1cncs1. The molecule has 0 saturated carbocycles. The highest BCUT2D eigenvalue weighted by Crippen LogP contribution is 2.23. The van der Waals surface area contributed by atoms with E-state index in [0.29, 0.717) is 6.04 Å².